The summed E-state index contributed by atoms with van der Waals surface area (Å²) in [5.41, 5.74) is 0. The van der Waals surface area contributed by atoms with Crippen LogP contribution >= 0.6 is 0 Å². The molecule has 0 aromatic heterocycles. The fourth-order valence-electron chi connectivity index (χ4n) is 0.774. The van der Waals surface area contributed by atoms with E-state index in [4.69, 9.17) is 0 Å². The van der Waals surface area contributed by atoms with Gasteiger partial charge in [-0.25, -0.2) is 13.2 Å². The molecule has 1 atom stereocenters. The molecular formula is C7H2F10O2. The number of ketones is 2. The Morgan fingerprint density at radius 3 is 1.37 bits per heavy atom. The van der Waals surface area contributed by atoms with E-state index in [1.165, 1.54) is 0 Å². The fourth-order valence-corrected chi connectivity index (χ4v) is 0.774. The van der Waals surface area contributed by atoms with E-state index in [2.05, 4.69) is 0 Å². The first-order valence-electron chi connectivity index (χ1n) is 4.01. The third kappa shape index (κ3) is 3.35. The lowest BCUT2D eigenvalue weighted by Crippen LogP contribution is -2.56. The van der Waals surface area contributed by atoms with Gasteiger partial charge in [-0.2, -0.15) is 30.7 Å². The van der Waals surface area contributed by atoms with Crippen LogP contribution in [0.5, 0.6) is 0 Å². The summed E-state index contributed by atoms with van der Waals surface area (Å²) in [7, 11) is 0. The number of carbonyl (C=O) groups is 2. The van der Waals surface area contributed by atoms with Gasteiger partial charge in [0.05, 0.1) is 0 Å². The molecule has 0 fully saturated rings. The van der Waals surface area contributed by atoms with Crippen molar-refractivity contribution in [1.82, 2.24) is 0 Å². The van der Waals surface area contributed by atoms with Crippen molar-refractivity contribution in [3.63, 3.8) is 0 Å². The number of Topliss-reactive ketones (excluding diaryl/α,β-unsaturated/α-hetero) is 2. The van der Waals surface area contributed by atoms with Gasteiger partial charge in [-0.05, 0) is 0 Å². The molecule has 0 saturated carbocycles. The highest BCUT2D eigenvalue weighted by Crippen LogP contribution is 2.37. The van der Waals surface area contributed by atoms with Crippen LogP contribution in [0.15, 0.2) is 0 Å². The Bertz CT molecular complexity index is 371. The third-order valence-corrected chi connectivity index (χ3v) is 1.70. The molecule has 0 N–H and O–H groups in total. The highest BCUT2D eigenvalue weighted by molar-refractivity contribution is 6.13. The Kier molecular flexibility index (Phi) is 4.61. The molecule has 0 aliphatic rings. The molecule has 1 unspecified atom stereocenters. The van der Waals surface area contributed by atoms with Crippen LogP contribution in [0, 0.1) is 0 Å². The van der Waals surface area contributed by atoms with Gasteiger partial charge >= 0.3 is 23.8 Å². The van der Waals surface area contributed by atoms with Gasteiger partial charge in [-0.3, -0.25) is 9.59 Å². The number of alkyl halides is 10. The Morgan fingerprint density at radius 1 is 0.737 bits per heavy atom. The van der Waals surface area contributed by atoms with E-state index in [9.17, 15) is 53.5 Å². The molecule has 0 aliphatic heterocycles. The number of hydrogen-bond acceptors (Lipinski definition) is 2. The minimum atomic E-state index is -6.38. The highest BCUT2D eigenvalue weighted by atomic mass is 19.4. The zero-order valence-corrected chi connectivity index (χ0v) is 8.25. The molecular weight excluding hydrogens is 306 g/mol. The molecule has 112 valence electrons. The number of carbonyl (C=O) groups excluding carboxylic acids is 2. The van der Waals surface area contributed by atoms with Crippen LogP contribution in [0.25, 0.3) is 0 Å². The van der Waals surface area contributed by atoms with Crippen molar-refractivity contribution in [3.05, 3.63) is 0 Å². The average Bonchev–Trinajstić information content (AvgIpc) is 2.24. The van der Waals surface area contributed by atoms with E-state index < -0.39 is 42.2 Å². The predicted molar refractivity (Wildman–Crippen MR) is 36.9 cm³/mol. The molecule has 0 amide bonds. The van der Waals surface area contributed by atoms with Gasteiger partial charge in [0.25, 0.3) is 12.2 Å². The van der Waals surface area contributed by atoms with Crippen molar-refractivity contribution < 1.29 is 53.5 Å². The molecule has 0 saturated heterocycles. The van der Waals surface area contributed by atoms with Gasteiger partial charge < -0.3 is 0 Å². The smallest absolute Gasteiger partial charge is 0.285 e. The maximum Gasteiger partial charge on any atom is 0.456 e. The van der Waals surface area contributed by atoms with E-state index in [1.807, 2.05) is 0 Å². The molecule has 12 heteroatoms. The lowest BCUT2D eigenvalue weighted by atomic mass is 10.0. The van der Waals surface area contributed by atoms with E-state index in [0.29, 0.717) is 0 Å². The van der Waals surface area contributed by atoms with Gasteiger partial charge in [0.15, 0.2) is 0 Å². The van der Waals surface area contributed by atoms with Gasteiger partial charge in [0.2, 0.25) is 6.17 Å². The largest absolute Gasteiger partial charge is 0.456 e. The second kappa shape index (κ2) is 4.96. The van der Waals surface area contributed by atoms with Crippen molar-refractivity contribution in [2.24, 2.45) is 0 Å². The molecule has 0 rings (SSSR count). The Labute approximate surface area is 96.9 Å². The molecule has 2 nitrogen and oxygen atoms in total. The average molecular weight is 308 g/mol. The summed E-state index contributed by atoms with van der Waals surface area (Å²) in [5, 5.41) is 0. The van der Waals surface area contributed by atoms with Crippen LogP contribution in [0.4, 0.5) is 43.9 Å². The van der Waals surface area contributed by atoms with Crippen LogP contribution in [0.2, 0.25) is 0 Å². The molecule has 19 heavy (non-hydrogen) atoms. The van der Waals surface area contributed by atoms with Gasteiger partial charge in [0, 0.05) is 0 Å². The summed E-state index contributed by atoms with van der Waals surface area (Å²) >= 11 is 0. The molecule has 0 aromatic carbocycles. The van der Waals surface area contributed by atoms with Gasteiger partial charge in [0.1, 0.15) is 0 Å². The van der Waals surface area contributed by atoms with Crippen molar-refractivity contribution in [2.45, 2.75) is 30.6 Å². The number of hydrogen-bond donors (Lipinski definition) is 0. The minimum Gasteiger partial charge on any atom is -0.285 e. The van der Waals surface area contributed by atoms with Crippen molar-refractivity contribution in [3.8, 4) is 0 Å². The van der Waals surface area contributed by atoms with Crippen LogP contribution in [0.1, 0.15) is 0 Å². The Morgan fingerprint density at radius 2 is 1.11 bits per heavy atom. The zero-order chi connectivity index (χ0) is 15.8. The third-order valence-electron chi connectivity index (χ3n) is 1.70. The van der Waals surface area contributed by atoms with Gasteiger partial charge in [-0.1, -0.05) is 0 Å². The topological polar surface area (TPSA) is 34.1 Å². The predicted octanol–water partition coefficient (Wildman–Crippen LogP) is 2.56. The van der Waals surface area contributed by atoms with E-state index in [1.54, 1.807) is 0 Å². The maximum absolute atomic E-state index is 12.5. The summed E-state index contributed by atoms with van der Waals surface area (Å²) in [6.07, 6.45) is -15.8. The van der Waals surface area contributed by atoms with E-state index in [-0.39, 0.29) is 0 Å². The standard InChI is InChI=1S/C7H2F10O2/c8-1(2(9)10)5(11,12)3(18)6(13,14)4(19)7(15,16)17/h1-2H. The van der Waals surface area contributed by atoms with Crippen LogP contribution in [-0.4, -0.2) is 42.2 Å². The first kappa shape index (κ1) is 17.6. The number of halogens is 10. The molecule has 0 radical (unpaired) electrons. The number of rotatable bonds is 5. The second-order valence-electron chi connectivity index (χ2n) is 3.09. The molecule has 0 spiro atoms. The molecule has 0 aliphatic carbocycles. The Hall–Kier alpha value is -1.36. The lowest BCUT2D eigenvalue weighted by Gasteiger charge is -2.23. The molecule has 0 aromatic rings. The maximum atomic E-state index is 12.5. The van der Waals surface area contributed by atoms with Crippen LogP contribution in [-0.2, 0) is 9.59 Å². The van der Waals surface area contributed by atoms with E-state index in [0.717, 1.165) is 0 Å². The minimum absolute atomic E-state index is 4.19. The summed E-state index contributed by atoms with van der Waals surface area (Å²) in [4.78, 5) is 20.4. The normalized spacial score (nSPS) is 15.5. The zero-order valence-electron chi connectivity index (χ0n) is 8.25. The lowest BCUT2D eigenvalue weighted by molar-refractivity contribution is -0.209. The van der Waals surface area contributed by atoms with Crippen molar-refractivity contribution >= 4 is 11.6 Å². The van der Waals surface area contributed by atoms with Crippen molar-refractivity contribution in [2.75, 3.05) is 0 Å². The summed E-state index contributed by atoms with van der Waals surface area (Å²) in [6, 6.07) is 0. The summed E-state index contributed by atoms with van der Waals surface area (Å²) < 4.78 is 120. The summed E-state index contributed by atoms with van der Waals surface area (Å²) in [5.74, 6) is -20.9. The summed E-state index contributed by atoms with van der Waals surface area (Å²) in [6.45, 7) is 0. The molecule has 0 bridgehead atoms. The SMILES string of the molecule is O=C(C(F)(F)F)C(F)(F)C(=O)C(F)(F)C(F)C(F)F. The first-order chi connectivity index (χ1) is 8.16. The first-order valence-corrected chi connectivity index (χ1v) is 4.01. The van der Waals surface area contributed by atoms with Crippen LogP contribution < -0.4 is 0 Å². The van der Waals surface area contributed by atoms with Crippen molar-refractivity contribution in [1.29, 1.82) is 0 Å². The second-order valence-corrected chi connectivity index (χ2v) is 3.09. The van der Waals surface area contributed by atoms with Gasteiger partial charge in [-0.15, -0.1) is 0 Å². The fraction of sp³-hybridized carbons (Fsp3) is 0.714. The van der Waals surface area contributed by atoms with Crippen LogP contribution in [0.3, 0.4) is 0 Å². The highest BCUT2D eigenvalue weighted by Gasteiger charge is 2.68. The molecule has 0 heterocycles. The quantitative estimate of drug-likeness (QED) is 0.578. The Balaban J connectivity index is 5.47. The monoisotopic (exact) mass is 308 g/mol. The van der Waals surface area contributed by atoms with E-state index >= 15 is 0 Å².